The van der Waals surface area contributed by atoms with Gasteiger partial charge >= 0.3 is 0 Å². The van der Waals surface area contributed by atoms with Gasteiger partial charge in [0.05, 0.1) is 5.54 Å². The van der Waals surface area contributed by atoms with Gasteiger partial charge in [0.2, 0.25) is 17.7 Å². The first-order valence-corrected chi connectivity index (χ1v) is 14.4. The smallest absolute Gasteiger partial charge is 0.245 e. The quantitative estimate of drug-likeness (QED) is 0.433. The Hall–Kier alpha value is -3.19. The lowest BCUT2D eigenvalue weighted by molar-refractivity contribution is -0.139. The molecule has 210 valence electrons. The molecular formula is C32H44N4O3. The van der Waals surface area contributed by atoms with E-state index in [-0.39, 0.29) is 29.1 Å². The maximum absolute atomic E-state index is 13.8. The number of hydrogen-bond acceptors (Lipinski definition) is 4. The molecule has 1 spiro atoms. The minimum atomic E-state index is -1.06. The van der Waals surface area contributed by atoms with Crippen molar-refractivity contribution >= 4 is 17.7 Å². The fourth-order valence-corrected chi connectivity index (χ4v) is 6.31. The Morgan fingerprint density at radius 2 is 1.72 bits per heavy atom. The number of nitrogens with one attached hydrogen (secondary N) is 2. The molecule has 1 aliphatic carbocycles. The summed E-state index contributed by atoms with van der Waals surface area (Å²) in [6.45, 7) is 7.18. The van der Waals surface area contributed by atoms with Crippen LogP contribution in [0.2, 0.25) is 0 Å². The lowest BCUT2D eigenvalue weighted by Gasteiger charge is -2.41. The number of piperidine rings is 1. The molecule has 2 aromatic rings. The summed E-state index contributed by atoms with van der Waals surface area (Å²) < 4.78 is 0. The second kappa shape index (κ2) is 12.3. The van der Waals surface area contributed by atoms with Gasteiger partial charge in [0, 0.05) is 26.1 Å². The predicted molar refractivity (Wildman–Crippen MR) is 154 cm³/mol. The van der Waals surface area contributed by atoms with Crippen LogP contribution >= 0.6 is 0 Å². The highest BCUT2D eigenvalue weighted by atomic mass is 16.2. The molecule has 7 heteroatoms. The summed E-state index contributed by atoms with van der Waals surface area (Å²) in [6.07, 6.45) is 5.35. The standard InChI is InChI=1S/C32H44N4O3/c1-4-34-28(37)21-24-22-32(26-15-9-8-14-25(24)26)17-19-36(20-18-32)29(38)27(35-30(39)31(2,3)33)16-10-13-23-11-6-5-7-12-23/h5-9,11-12,14-15,24,27H,4,10,13,16-22,33H2,1-3H3,(H,34,37)(H,35,39)/t24-,27-/m1/s1. The molecule has 2 aromatic carbocycles. The van der Waals surface area contributed by atoms with E-state index < -0.39 is 11.6 Å². The number of nitrogens with zero attached hydrogens (tertiary/aromatic N) is 1. The number of amides is 3. The largest absolute Gasteiger partial charge is 0.356 e. The molecule has 2 aliphatic rings. The van der Waals surface area contributed by atoms with E-state index in [0.29, 0.717) is 32.5 Å². The van der Waals surface area contributed by atoms with Crippen LogP contribution in [0.1, 0.15) is 81.9 Å². The number of carbonyl (C=O) groups is 3. The third-order valence-corrected chi connectivity index (χ3v) is 8.44. The molecule has 1 aliphatic heterocycles. The van der Waals surface area contributed by atoms with Gasteiger partial charge < -0.3 is 21.3 Å². The Morgan fingerprint density at radius 1 is 1.05 bits per heavy atom. The minimum Gasteiger partial charge on any atom is -0.356 e. The first-order valence-electron chi connectivity index (χ1n) is 14.4. The van der Waals surface area contributed by atoms with E-state index in [0.717, 1.165) is 32.1 Å². The molecule has 1 heterocycles. The zero-order chi connectivity index (χ0) is 28.0. The Balaban J connectivity index is 1.43. The molecule has 0 unspecified atom stereocenters. The van der Waals surface area contributed by atoms with Gasteiger partial charge in [0.15, 0.2) is 0 Å². The molecule has 0 aromatic heterocycles. The number of fused-ring (bicyclic) bond motifs is 2. The topological polar surface area (TPSA) is 105 Å². The van der Waals surface area contributed by atoms with Gasteiger partial charge in [-0.1, -0.05) is 54.6 Å². The summed E-state index contributed by atoms with van der Waals surface area (Å²) >= 11 is 0. The van der Waals surface area contributed by atoms with E-state index in [1.54, 1.807) is 13.8 Å². The van der Waals surface area contributed by atoms with E-state index in [1.807, 2.05) is 30.0 Å². The van der Waals surface area contributed by atoms with Crippen molar-refractivity contribution in [2.45, 2.75) is 88.6 Å². The average molecular weight is 533 g/mol. The van der Waals surface area contributed by atoms with Gasteiger partial charge in [0.25, 0.3) is 0 Å². The molecule has 0 saturated carbocycles. The number of likely N-dealkylation sites (tertiary alicyclic amines) is 1. The van der Waals surface area contributed by atoms with Crippen LogP contribution in [0.15, 0.2) is 54.6 Å². The monoisotopic (exact) mass is 532 g/mol. The summed E-state index contributed by atoms with van der Waals surface area (Å²) in [5.41, 5.74) is 8.81. The van der Waals surface area contributed by atoms with Gasteiger partial charge in [0.1, 0.15) is 6.04 Å². The highest BCUT2D eigenvalue weighted by Crippen LogP contribution is 2.52. The van der Waals surface area contributed by atoms with Gasteiger partial charge in [-0.3, -0.25) is 14.4 Å². The second-order valence-electron chi connectivity index (χ2n) is 11.9. The van der Waals surface area contributed by atoms with Crippen LogP contribution in [0.5, 0.6) is 0 Å². The molecule has 2 atom stereocenters. The molecule has 0 bridgehead atoms. The van der Waals surface area contributed by atoms with Crippen molar-refractivity contribution in [3.63, 3.8) is 0 Å². The normalized spacial score (nSPS) is 18.9. The first-order chi connectivity index (χ1) is 18.6. The molecule has 39 heavy (non-hydrogen) atoms. The SMILES string of the molecule is CCNC(=O)C[C@@H]1CC2(CCN(C(=O)[C@@H](CCCc3ccccc3)NC(=O)C(C)(C)N)CC2)c2ccccc21. The zero-order valence-corrected chi connectivity index (χ0v) is 23.7. The van der Waals surface area contributed by atoms with Crippen molar-refractivity contribution < 1.29 is 14.4 Å². The van der Waals surface area contributed by atoms with Crippen LogP contribution in [0.3, 0.4) is 0 Å². The second-order valence-corrected chi connectivity index (χ2v) is 11.9. The number of rotatable bonds is 10. The highest BCUT2D eigenvalue weighted by Gasteiger charge is 2.46. The molecule has 0 radical (unpaired) electrons. The van der Waals surface area contributed by atoms with Crippen LogP contribution in [0, 0.1) is 0 Å². The number of hydrogen-bond donors (Lipinski definition) is 3. The van der Waals surface area contributed by atoms with Crippen molar-refractivity contribution in [3.8, 4) is 0 Å². The van der Waals surface area contributed by atoms with Crippen LogP contribution in [0.4, 0.5) is 0 Å². The third-order valence-electron chi connectivity index (χ3n) is 8.44. The average Bonchev–Trinajstić information content (AvgIpc) is 3.20. The Morgan fingerprint density at radius 3 is 2.38 bits per heavy atom. The van der Waals surface area contributed by atoms with Crippen LogP contribution in [-0.2, 0) is 26.2 Å². The predicted octanol–water partition coefficient (Wildman–Crippen LogP) is 3.81. The van der Waals surface area contributed by atoms with Crippen molar-refractivity contribution in [1.29, 1.82) is 0 Å². The fraction of sp³-hybridized carbons (Fsp3) is 0.531. The molecule has 4 rings (SSSR count). The molecule has 7 nitrogen and oxygen atoms in total. The van der Waals surface area contributed by atoms with E-state index in [9.17, 15) is 14.4 Å². The molecule has 3 amide bonds. The lowest BCUT2D eigenvalue weighted by Crippen LogP contribution is -2.57. The summed E-state index contributed by atoms with van der Waals surface area (Å²) in [5.74, 6) is -0.0432. The van der Waals surface area contributed by atoms with Crippen molar-refractivity contribution in [1.82, 2.24) is 15.5 Å². The Kier molecular flexibility index (Phi) is 9.11. The number of aryl methyl sites for hydroxylation is 1. The Bertz CT molecular complexity index is 1150. The van der Waals surface area contributed by atoms with Gasteiger partial charge in [-0.2, -0.15) is 0 Å². The number of nitrogens with two attached hydrogens (primary N) is 1. The molecule has 1 saturated heterocycles. The third kappa shape index (κ3) is 6.88. The van der Waals surface area contributed by atoms with Crippen LogP contribution < -0.4 is 16.4 Å². The molecular weight excluding hydrogens is 488 g/mol. The summed E-state index contributed by atoms with van der Waals surface area (Å²) in [4.78, 5) is 40.9. The van der Waals surface area contributed by atoms with Crippen molar-refractivity contribution in [2.24, 2.45) is 5.73 Å². The van der Waals surface area contributed by atoms with Gasteiger partial charge in [-0.05, 0) is 87.3 Å². The lowest BCUT2D eigenvalue weighted by atomic mass is 9.73. The first kappa shape index (κ1) is 28.8. The summed E-state index contributed by atoms with van der Waals surface area (Å²) in [6, 6.07) is 18.1. The molecule has 4 N–H and O–H groups in total. The van der Waals surface area contributed by atoms with Gasteiger partial charge in [-0.15, -0.1) is 0 Å². The van der Waals surface area contributed by atoms with Crippen LogP contribution in [0.25, 0.3) is 0 Å². The van der Waals surface area contributed by atoms with Crippen molar-refractivity contribution in [3.05, 3.63) is 71.3 Å². The van der Waals surface area contributed by atoms with E-state index in [4.69, 9.17) is 5.73 Å². The van der Waals surface area contributed by atoms with E-state index >= 15 is 0 Å². The maximum atomic E-state index is 13.8. The molecule has 1 fully saturated rings. The minimum absolute atomic E-state index is 0.0180. The van der Waals surface area contributed by atoms with E-state index in [1.165, 1.54) is 16.7 Å². The van der Waals surface area contributed by atoms with Crippen LogP contribution in [-0.4, -0.2) is 53.8 Å². The Labute approximate surface area is 232 Å². The summed E-state index contributed by atoms with van der Waals surface area (Å²) in [7, 11) is 0. The fourth-order valence-electron chi connectivity index (χ4n) is 6.31. The van der Waals surface area contributed by atoms with E-state index in [2.05, 4.69) is 47.0 Å². The van der Waals surface area contributed by atoms with Crippen molar-refractivity contribution in [2.75, 3.05) is 19.6 Å². The zero-order valence-electron chi connectivity index (χ0n) is 23.7. The number of carbonyl (C=O) groups excluding carboxylic acids is 3. The highest BCUT2D eigenvalue weighted by molar-refractivity contribution is 5.91. The maximum Gasteiger partial charge on any atom is 0.245 e. The van der Waals surface area contributed by atoms with Gasteiger partial charge in [-0.25, -0.2) is 0 Å². The number of benzene rings is 2. The summed E-state index contributed by atoms with van der Waals surface area (Å²) in [5, 5.41) is 5.90.